The molecule has 7 heteroatoms. The van der Waals surface area contributed by atoms with Gasteiger partial charge in [0.25, 0.3) is 5.89 Å². The average Bonchev–Trinajstić information content (AvgIpc) is 3.12. The standard InChI is InChI=1S/C19H16N6O/c1-12-5-4-9-20-16(12)17-24-18(26-25-17)14-6-3-7-15(11-14)23-19-21-10-8-13(2)22-19/h3-11H,1-2H3,(H,21,22,23). The highest BCUT2D eigenvalue weighted by Crippen LogP contribution is 2.25. The maximum atomic E-state index is 5.42. The highest BCUT2D eigenvalue weighted by molar-refractivity contribution is 5.65. The number of pyridine rings is 1. The Morgan fingerprint density at radius 1 is 0.923 bits per heavy atom. The van der Waals surface area contributed by atoms with E-state index < -0.39 is 0 Å². The lowest BCUT2D eigenvalue weighted by Crippen LogP contribution is -1.97. The second-order valence-corrected chi connectivity index (χ2v) is 5.82. The Hall–Kier alpha value is -3.61. The molecule has 0 spiro atoms. The van der Waals surface area contributed by atoms with Gasteiger partial charge in [-0.2, -0.15) is 4.98 Å². The highest BCUT2D eigenvalue weighted by Gasteiger charge is 2.13. The van der Waals surface area contributed by atoms with Gasteiger partial charge in [0.2, 0.25) is 11.8 Å². The summed E-state index contributed by atoms with van der Waals surface area (Å²) >= 11 is 0. The van der Waals surface area contributed by atoms with Gasteiger partial charge in [-0.15, -0.1) is 0 Å². The summed E-state index contributed by atoms with van der Waals surface area (Å²) in [5.41, 5.74) is 4.24. The molecule has 3 heterocycles. The van der Waals surface area contributed by atoms with Crippen LogP contribution in [0.5, 0.6) is 0 Å². The first-order valence-electron chi connectivity index (χ1n) is 8.12. The molecule has 0 atom stereocenters. The summed E-state index contributed by atoms with van der Waals surface area (Å²) in [7, 11) is 0. The molecule has 128 valence electrons. The topological polar surface area (TPSA) is 89.6 Å². The van der Waals surface area contributed by atoms with E-state index in [1.54, 1.807) is 12.4 Å². The van der Waals surface area contributed by atoms with Crippen LogP contribution in [0, 0.1) is 13.8 Å². The van der Waals surface area contributed by atoms with E-state index in [1.165, 1.54) is 0 Å². The van der Waals surface area contributed by atoms with Crippen molar-refractivity contribution in [3.63, 3.8) is 0 Å². The van der Waals surface area contributed by atoms with E-state index in [-0.39, 0.29) is 0 Å². The van der Waals surface area contributed by atoms with Gasteiger partial charge in [-0.3, -0.25) is 4.98 Å². The van der Waals surface area contributed by atoms with E-state index in [0.717, 1.165) is 22.5 Å². The van der Waals surface area contributed by atoms with Crippen LogP contribution in [0.3, 0.4) is 0 Å². The van der Waals surface area contributed by atoms with Crippen molar-refractivity contribution in [1.82, 2.24) is 25.1 Å². The van der Waals surface area contributed by atoms with Gasteiger partial charge in [0.1, 0.15) is 5.69 Å². The minimum absolute atomic E-state index is 0.430. The molecule has 0 saturated heterocycles. The molecule has 4 aromatic rings. The molecule has 7 nitrogen and oxygen atoms in total. The first-order chi connectivity index (χ1) is 12.7. The minimum Gasteiger partial charge on any atom is -0.334 e. The Morgan fingerprint density at radius 3 is 2.69 bits per heavy atom. The van der Waals surface area contributed by atoms with Gasteiger partial charge in [-0.05, 0) is 49.7 Å². The van der Waals surface area contributed by atoms with Gasteiger partial charge in [-0.1, -0.05) is 17.3 Å². The molecular weight excluding hydrogens is 328 g/mol. The summed E-state index contributed by atoms with van der Waals surface area (Å²) in [5.74, 6) is 1.44. The number of nitrogens with zero attached hydrogens (tertiary/aromatic N) is 5. The Balaban J connectivity index is 1.62. The predicted molar refractivity (Wildman–Crippen MR) is 97.8 cm³/mol. The van der Waals surface area contributed by atoms with Gasteiger partial charge in [0, 0.05) is 29.3 Å². The number of aryl methyl sites for hydroxylation is 2. The molecule has 0 radical (unpaired) electrons. The van der Waals surface area contributed by atoms with Crippen LogP contribution in [-0.4, -0.2) is 25.1 Å². The molecule has 0 saturated carbocycles. The smallest absolute Gasteiger partial charge is 0.258 e. The van der Waals surface area contributed by atoms with E-state index >= 15 is 0 Å². The van der Waals surface area contributed by atoms with Crippen molar-refractivity contribution < 1.29 is 4.52 Å². The fourth-order valence-electron chi connectivity index (χ4n) is 2.52. The highest BCUT2D eigenvalue weighted by atomic mass is 16.5. The Bertz CT molecular complexity index is 1060. The molecule has 4 rings (SSSR count). The van der Waals surface area contributed by atoms with Crippen LogP contribution in [-0.2, 0) is 0 Å². The second kappa shape index (κ2) is 6.72. The molecule has 0 unspecified atom stereocenters. The molecule has 0 fully saturated rings. The summed E-state index contributed by atoms with van der Waals surface area (Å²) in [4.78, 5) is 17.3. The lowest BCUT2D eigenvalue weighted by atomic mass is 10.2. The maximum absolute atomic E-state index is 5.42. The summed E-state index contributed by atoms with van der Waals surface area (Å²) in [5, 5.41) is 7.23. The Kier molecular flexibility index (Phi) is 4.10. The number of benzene rings is 1. The predicted octanol–water partition coefficient (Wildman–Crippen LogP) is 3.95. The minimum atomic E-state index is 0.430. The third-order valence-corrected chi connectivity index (χ3v) is 3.81. The molecule has 0 aliphatic heterocycles. The van der Waals surface area contributed by atoms with E-state index in [4.69, 9.17) is 4.52 Å². The molecule has 0 bridgehead atoms. The van der Waals surface area contributed by atoms with Crippen molar-refractivity contribution in [2.45, 2.75) is 13.8 Å². The number of rotatable bonds is 4. The molecular formula is C19H16N6O. The molecule has 3 aromatic heterocycles. The fraction of sp³-hybridized carbons (Fsp3) is 0.105. The van der Waals surface area contributed by atoms with Gasteiger partial charge >= 0.3 is 0 Å². The molecule has 1 N–H and O–H groups in total. The van der Waals surface area contributed by atoms with Gasteiger partial charge in [0.15, 0.2) is 0 Å². The number of hydrogen-bond donors (Lipinski definition) is 1. The second-order valence-electron chi connectivity index (χ2n) is 5.82. The summed E-state index contributed by atoms with van der Waals surface area (Å²) in [6.45, 7) is 3.88. The van der Waals surface area contributed by atoms with Crippen molar-refractivity contribution in [2.75, 3.05) is 5.32 Å². The van der Waals surface area contributed by atoms with E-state index in [2.05, 4.69) is 30.4 Å². The Morgan fingerprint density at radius 2 is 1.85 bits per heavy atom. The SMILES string of the molecule is Cc1ccnc(Nc2cccc(-c3nc(-c4ncccc4C)no3)c2)n1. The van der Waals surface area contributed by atoms with Gasteiger partial charge in [-0.25, -0.2) is 9.97 Å². The largest absolute Gasteiger partial charge is 0.334 e. The van der Waals surface area contributed by atoms with E-state index in [0.29, 0.717) is 23.4 Å². The van der Waals surface area contributed by atoms with Crippen molar-refractivity contribution in [3.05, 3.63) is 66.1 Å². The Labute approximate surface area is 150 Å². The van der Waals surface area contributed by atoms with Crippen LogP contribution >= 0.6 is 0 Å². The molecule has 0 aliphatic rings. The van der Waals surface area contributed by atoms with Crippen LogP contribution in [0.2, 0.25) is 0 Å². The zero-order chi connectivity index (χ0) is 17.9. The zero-order valence-electron chi connectivity index (χ0n) is 14.3. The quantitative estimate of drug-likeness (QED) is 0.599. The lowest BCUT2D eigenvalue weighted by Gasteiger charge is -2.05. The zero-order valence-corrected chi connectivity index (χ0v) is 14.3. The third kappa shape index (κ3) is 3.27. The number of aromatic nitrogens is 5. The van der Waals surface area contributed by atoms with Crippen LogP contribution in [0.25, 0.3) is 23.0 Å². The van der Waals surface area contributed by atoms with Crippen molar-refractivity contribution >= 4 is 11.6 Å². The third-order valence-electron chi connectivity index (χ3n) is 3.81. The summed E-state index contributed by atoms with van der Waals surface area (Å²) < 4.78 is 5.42. The van der Waals surface area contributed by atoms with E-state index in [1.807, 2.05) is 56.3 Å². The first-order valence-corrected chi connectivity index (χ1v) is 8.12. The van der Waals surface area contributed by atoms with Crippen LogP contribution < -0.4 is 5.32 Å². The van der Waals surface area contributed by atoms with Crippen LogP contribution in [0.15, 0.2) is 59.4 Å². The van der Waals surface area contributed by atoms with Crippen LogP contribution in [0.1, 0.15) is 11.3 Å². The van der Waals surface area contributed by atoms with Gasteiger partial charge < -0.3 is 9.84 Å². The number of nitrogens with one attached hydrogen (secondary N) is 1. The molecule has 0 amide bonds. The normalized spacial score (nSPS) is 10.7. The van der Waals surface area contributed by atoms with Crippen molar-refractivity contribution in [1.29, 1.82) is 0 Å². The lowest BCUT2D eigenvalue weighted by molar-refractivity contribution is 0.432. The summed E-state index contributed by atoms with van der Waals surface area (Å²) in [6.07, 6.45) is 3.43. The van der Waals surface area contributed by atoms with Crippen molar-refractivity contribution in [3.8, 4) is 23.0 Å². The van der Waals surface area contributed by atoms with E-state index in [9.17, 15) is 0 Å². The van der Waals surface area contributed by atoms with Crippen LogP contribution in [0.4, 0.5) is 11.6 Å². The summed E-state index contributed by atoms with van der Waals surface area (Å²) in [6, 6.07) is 13.3. The van der Waals surface area contributed by atoms with Gasteiger partial charge in [0.05, 0.1) is 0 Å². The monoisotopic (exact) mass is 344 g/mol. The van der Waals surface area contributed by atoms with Crippen molar-refractivity contribution in [2.24, 2.45) is 0 Å². The molecule has 1 aromatic carbocycles. The first kappa shape index (κ1) is 15.9. The number of anilines is 2. The maximum Gasteiger partial charge on any atom is 0.258 e. The molecule has 26 heavy (non-hydrogen) atoms. The number of hydrogen-bond acceptors (Lipinski definition) is 7. The molecule has 0 aliphatic carbocycles. The fourth-order valence-corrected chi connectivity index (χ4v) is 2.52. The average molecular weight is 344 g/mol.